The van der Waals surface area contributed by atoms with E-state index in [1.807, 2.05) is 0 Å². The largest absolute Gasteiger partial charge is 0.354 e. The monoisotopic (exact) mass is 601 g/mol. The smallest absolute Gasteiger partial charge is 0.315 e. The Morgan fingerprint density at radius 2 is 1.71 bits per heavy atom. The lowest BCUT2D eigenvalue weighted by atomic mass is 9.96. The van der Waals surface area contributed by atoms with Gasteiger partial charge in [-0.05, 0) is 35.9 Å². The first-order valence-electron chi connectivity index (χ1n) is 12.8. The Labute approximate surface area is 241 Å². The number of rotatable bonds is 9. The van der Waals surface area contributed by atoms with Crippen LogP contribution in [0.3, 0.4) is 0 Å². The van der Waals surface area contributed by atoms with Crippen molar-refractivity contribution in [3.63, 3.8) is 0 Å². The van der Waals surface area contributed by atoms with Gasteiger partial charge in [0.15, 0.2) is 0 Å². The number of aromatic nitrogens is 2. The Bertz CT molecular complexity index is 1530. The van der Waals surface area contributed by atoms with Gasteiger partial charge in [0.05, 0.1) is 11.1 Å². The minimum atomic E-state index is -3.85. The average Bonchev–Trinajstić information content (AvgIpc) is 3.36. The molecule has 2 saturated heterocycles. The molecule has 0 bridgehead atoms. The van der Waals surface area contributed by atoms with Crippen molar-refractivity contribution in [2.75, 3.05) is 42.5 Å². The Kier molecular flexibility index (Phi) is 8.36. The van der Waals surface area contributed by atoms with Gasteiger partial charge in [0.2, 0.25) is 21.2 Å². The maximum Gasteiger partial charge on any atom is 0.315 e. The predicted molar refractivity (Wildman–Crippen MR) is 150 cm³/mol. The number of carbonyl (C=O) groups is 2. The van der Waals surface area contributed by atoms with Gasteiger partial charge in [0, 0.05) is 62.5 Å². The number of carbonyl (C=O) groups excluding carboxylic acids is 2. The number of hydrogen-bond acceptors (Lipinski definition) is 8. The summed E-state index contributed by atoms with van der Waals surface area (Å²) in [5.74, 6) is -3.35. The molecule has 3 heterocycles. The summed E-state index contributed by atoms with van der Waals surface area (Å²) in [5, 5.41) is 2.53. The topological polar surface area (TPSA) is 116 Å². The lowest BCUT2D eigenvalue weighted by molar-refractivity contribution is -0.117. The Morgan fingerprint density at radius 3 is 2.37 bits per heavy atom. The molecule has 2 aliphatic heterocycles. The second-order valence-electron chi connectivity index (χ2n) is 9.58. The summed E-state index contributed by atoms with van der Waals surface area (Å²) >= 11 is 6.01. The van der Waals surface area contributed by atoms with Crippen molar-refractivity contribution in [1.29, 1.82) is 0 Å². The van der Waals surface area contributed by atoms with Crippen LogP contribution in [-0.4, -0.2) is 81.0 Å². The number of benzene rings is 2. The molecule has 41 heavy (non-hydrogen) atoms. The summed E-state index contributed by atoms with van der Waals surface area (Å²) in [6.07, 6.45) is 0.828. The number of nitrogens with zero attached hydrogens (tertiary/aromatic N) is 5. The molecule has 1 radical (unpaired) electrons. The molecule has 15 heteroatoms. The summed E-state index contributed by atoms with van der Waals surface area (Å²) in [4.78, 5) is 34.1. The number of sulfonamides is 1. The number of halogens is 3. The number of anilines is 2. The molecule has 1 amide bonds. The van der Waals surface area contributed by atoms with Crippen LogP contribution in [0, 0.1) is 0 Å². The molecular formula is C26H25BClF2N6O4S. The van der Waals surface area contributed by atoms with E-state index in [-0.39, 0.29) is 66.1 Å². The first-order valence-corrected chi connectivity index (χ1v) is 14.6. The van der Waals surface area contributed by atoms with Gasteiger partial charge in [0.1, 0.15) is 11.5 Å². The van der Waals surface area contributed by atoms with E-state index in [4.69, 9.17) is 11.6 Å². The van der Waals surface area contributed by atoms with Gasteiger partial charge >= 0.3 is 5.92 Å². The van der Waals surface area contributed by atoms with Gasteiger partial charge in [-0.25, -0.2) is 18.4 Å². The van der Waals surface area contributed by atoms with Crippen molar-refractivity contribution in [3.05, 3.63) is 77.2 Å². The molecule has 1 atom stereocenters. The van der Waals surface area contributed by atoms with Gasteiger partial charge in [-0.15, -0.1) is 0 Å². The van der Waals surface area contributed by atoms with Crippen molar-refractivity contribution >= 4 is 52.6 Å². The highest BCUT2D eigenvalue weighted by atomic mass is 35.5. The van der Waals surface area contributed by atoms with Crippen LogP contribution in [0.5, 0.6) is 0 Å². The fraction of sp³-hybridized carbons (Fsp3) is 0.308. The number of amides is 1. The molecule has 0 spiro atoms. The lowest BCUT2D eigenvalue weighted by Gasteiger charge is -2.35. The molecule has 2 fully saturated rings. The van der Waals surface area contributed by atoms with Crippen molar-refractivity contribution in [1.82, 2.24) is 19.5 Å². The molecule has 2 aromatic carbocycles. The van der Waals surface area contributed by atoms with Crippen LogP contribution in [0.1, 0.15) is 17.7 Å². The highest BCUT2D eigenvalue weighted by Crippen LogP contribution is 2.36. The molecule has 213 valence electrons. The zero-order chi connectivity index (χ0) is 29.2. The van der Waals surface area contributed by atoms with E-state index in [1.54, 1.807) is 23.1 Å². The maximum atomic E-state index is 15.1. The van der Waals surface area contributed by atoms with Crippen LogP contribution in [0.25, 0.3) is 0 Å². The quantitative estimate of drug-likeness (QED) is 0.226. The van der Waals surface area contributed by atoms with Crippen LogP contribution in [-0.2, 0) is 25.5 Å². The zero-order valence-electron chi connectivity index (χ0n) is 21.7. The molecule has 3 aromatic rings. The second kappa shape index (κ2) is 11.8. The van der Waals surface area contributed by atoms with E-state index >= 15 is 8.78 Å². The summed E-state index contributed by atoms with van der Waals surface area (Å²) < 4.78 is 58.3. The number of piperazine rings is 1. The lowest BCUT2D eigenvalue weighted by Crippen LogP contribution is -2.49. The van der Waals surface area contributed by atoms with Crippen molar-refractivity contribution in [3.8, 4) is 0 Å². The maximum absolute atomic E-state index is 15.1. The molecule has 1 unspecified atom stereocenters. The van der Waals surface area contributed by atoms with E-state index in [1.165, 1.54) is 59.1 Å². The van der Waals surface area contributed by atoms with Gasteiger partial charge in [-0.2, -0.15) is 13.1 Å². The standard InChI is InChI=1S/C26H25BClF2N6O4S/c28-25-31-22(26(29,30)18-4-2-1-3-5-18)15-23(32-25)34-10-12-35(13-11-34)41(39,40)21-8-6-20(7-9-21)36-16-19(14-24(36)38)33-27-17-37/h1-9,15,17,19,33H,10-14,16H2. The molecule has 0 saturated carbocycles. The van der Waals surface area contributed by atoms with Gasteiger partial charge in [-0.1, -0.05) is 30.3 Å². The summed E-state index contributed by atoms with van der Waals surface area (Å²) in [6.45, 7) is 0.955. The third-order valence-electron chi connectivity index (χ3n) is 7.02. The molecule has 1 aromatic heterocycles. The third kappa shape index (κ3) is 6.10. The highest BCUT2D eigenvalue weighted by molar-refractivity contribution is 7.89. The fourth-order valence-electron chi connectivity index (χ4n) is 4.87. The van der Waals surface area contributed by atoms with Crippen molar-refractivity contribution < 1.29 is 26.8 Å². The van der Waals surface area contributed by atoms with Gasteiger partial charge in [-0.3, -0.25) is 4.79 Å². The van der Waals surface area contributed by atoms with E-state index in [0.717, 1.165) is 0 Å². The summed E-state index contributed by atoms with van der Waals surface area (Å²) in [5.41, 5.74) is -0.225. The molecule has 2 aliphatic rings. The minimum absolute atomic E-state index is 0.0696. The summed E-state index contributed by atoms with van der Waals surface area (Å²) in [7, 11) is -2.61. The van der Waals surface area contributed by atoms with Crippen molar-refractivity contribution in [2.24, 2.45) is 0 Å². The first kappa shape index (κ1) is 29.1. The van der Waals surface area contributed by atoms with Crippen LogP contribution < -0.4 is 15.0 Å². The minimum Gasteiger partial charge on any atom is -0.354 e. The second-order valence-corrected chi connectivity index (χ2v) is 11.9. The average molecular weight is 602 g/mol. The van der Waals surface area contributed by atoms with Crippen LogP contribution in [0.2, 0.25) is 5.28 Å². The van der Waals surface area contributed by atoms with Crippen LogP contribution in [0.4, 0.5) is 20.3 Å². The van der Waals surface area contributed by atoms with E-state index in [0.29, 0.717) is 18.4 Å². The Hall–Kier alpha value is -3.46. The number of nitrogens with one attached hydrogen (secondary N) is 1. The third-order valence-corrected chi connectivity index (χ3v) is 9.10. The van der Waals surface area contributed by atoms with E-state index in [2.05, 4.69) is 15.2 Å². The van der Waals surface area contributed by atoms with Crippen LogP contribution >= 0.6 is 11.6 Å². The normalized spacial score (nSPS) is 18.5. The number of alkyl halides is 2. The number of hydrogen-bond donors (Lipinski definition) is 1. The first-order chi connectivity index (χ1) is 19.6. The molecular weight excluding hydrogens is 577 g/mol. The van der Waals surface area contributed by atoms with Gasteiger partial charge in [0.25, 0.3) is 7.41 Å². The zero-order valence-corrected chi connectivity index (χ0v) is 23.2. The molecule has 0 aliphatic carbocycles. The molecule has 5 rings (SSSR count). The summed E-state index contributed by atoms with van der Waals surface area (Å²) in [6, 6.07) is 14.3. The van der Waals surface area contributed by atoms with Crippen molar-refractivity contribution in [2.45, 2.75) is 23.3 Å². The molecule has 10 nitrogen and oxygen atoms in total. The van der Waals surface area contributed by atoms with Crippen LogP contribution in [0.15, 0.2) is 65.6 Å². The van der Waals surface area contributed by atoms with E-state index in [9.17, 15) is 18.0 Å². The SMILES string of the molecule is O=C[B]NC1CC(=O)N(c2ccc(S(=O)(=O)N3CCN(c4cc(C(F)(F)c5ccccc5)nc(Cl)n4)CC3)cc2)C1. The van der Waals surface area contributed by atoms with E-state index < -0.39 is 21.6 Å². The Balaban J connectivity index is 1.25. The van der Waals surface area contributed by atoms with Gasteiger partial charge < -0.3 is 19.8 Å². The predicted octanol–water partition coefficient (Wildman–Crippen LogP) is 2.29. The highest BCUT2D eigenvalue weighted by Gasteiger charge is 2.37. The molecule has 1 N–H and O–H groups in total. The Morgan fingerprint density at radius 1 is 1.02 bits per heavy atom. The fourth-order valence-corrected chi connectivity index (χ4v) is 6.47.